The molecule has 8 heteroatoms. The summed E-state index contributed by atoms with van der Waals surface area (Å²) in [5, 5.41) is 2.34. The van der Waals surface area contributed by atoms with Gasteiger partial charge < -0.3 is 0 Å². The van der Waals surface area contributed by atoms with E-state index in [1.807, 2.05) is 41.8 Å². The van der Waals surface area contributed by atoms with Gasteiger partial charge in [-0.2, -0.15) is 0 Å². The quantitative estimate of drug-likeness (QED) is 0.487. The lowest BCUT2D eigenvalue weighted by Crippen LogP contribution is -2.33. The van der Waals surface area contributed by atoms with Crippen LogP contribution in [0.1, 0.15) is 18.4 Å². The van der Waals surface area contributed by atoms with E-state index in [0.717, 1.165) is 5.56 Å². The maximum atomic E-state index is 12.9. The second-order valence-corrected chi connectivity index (χ2v) is 8.10. The number of hydrogen-bond acceptors (Lipinski definition) is 6. The van der Waals surface area contributed by atoms with Crippen LogP contribution in [0.15, 0.2) is 51.7 Å². The highest BCUT2D eigenvalue weighted by molar-refractivity contribution is 7.99. The van der Waals surface area contributed by atoms with Crippen molar-refractivity contribution in [2.75, 3.05) is 12.3 Å². The van der Waals surface area contributed by atoms with Crippen LogP contribution < -0.4 is 5.56 Å². The third kappa shape index (κ3) is 3.68. The van der Waals surface area contributed by atoms with Crippen molar-refractivity contribution >= 4 is 45.1 Å². The summed E-state index contributed by atoms with van der Waals surface area (Å²) in [6.45, 7) is 0.867. The van der Waals surface area contributed by atoms with Gasteiger partial charge in [0.05, 0.1) is 17.8 Å². The molecule has 1 fully saturated rings. The highest BCUT2D eigenvalue weighted by Gasteiger charge is 2.26. The van der Waals surface area contributed by atoms with E-state index >= 15 is 0 Å². The number of thiophene rings is 1. The molecular formula is C19H17N3O3S2. The Morgan fingerprint density at radius 2 is 2.00 bits per heavy atom. The van der Waals surface area contributed by atoms with Crippen LogP contribution in [-0.4, -0.2) is 38.6 Å². The van der Waals surface area contributed by atoms with Crippen LogP contribution in [0.5, 0.6) is 0 Å². The predicted molar refractivity (Wildman–Crippen MR) is 106 cm³/mol. The first-order valence-electron chi connectivity index (χ1n) is 8.61. The predicted octanol–water partition coefficient (Wildman–Crippen LogP) is 2.75. The van der Waals surface area contributed by atoms with Crippen LogP contribution >= 0.6 is 23.1 Å². The van der Waals surface area contributed by atoms with Crippen LogP contribution in [-0.2, 0) is 16.1 Å². The van der Waals surface area contributed by atoms with Gasteiger partial charge in [0, 0.05) is 13.0 Å². The fraction of sp³-hybridized carbons (Fsp3) is 0.263. The summed E-state index contributed by atoms with van der Waals surface area (Å²) in [4.78, 5) is 43.0. The van der Waals surface area contributed by atoms with E-state index in [4.69, 9.17) is 0 Å². The van der Waals surface area contributed by atoms with Gasteiger partial charge in [-0.15, -0.1) is 11.3 Å². The first-order chi connectivity index (χ1) is 13.1. The Hall–Kier alpha value is -2.45. The second kappa shape index (κ2) is 7.66. The van der Waals surface area contributed by atoms with Gasteiger partial charge in [-0.25, -0.2) is 4.98 Å². The minimum Gasteiger partial charge on any atom is -0.282 e. The van der Waals surface area contributed by atoms with Crippen molar-refractivity contribution in [3.63, 3.8) is 0 Å². The number of hydrogen-bond donors (Lipinski definition) is 0. The van der Waals surface area contributed by atoms with Crippen LogP contribution in [0, 0.1) is 0 Å². The summed E-state index contributed by atoms with van der Waals surface area (Å²) in [5.41, 5.74) is 1.52. The summed E-state index contributed by atoms with van der Waals surface area (Å²) in [6.07, 6.45) is 1.14. The van der Waals surface area contributed by atoms with Gasteiger partial charge in [0.15, 0.2) is 5.16 Å². The van der Waals surface area contributed by atoms with Crippen LogP contribution in [0.25, 0.3) is 10.2 Å². The standard InChI is InChI=1S/C19H17N3O3S2/c23-15-7-4-9-21(15)16(24)12-27-19-20-14-8-10-26-17(14)18(25)22(19)11-13-5-2-1-3-6-13/h1-3,5-6,8,10H,4,7,9,11-12H2. The molecule has 2 aromatic heterocycles. The number of amides is 2. The molecule has 0 unspecified atom stereocenters. The molecule has 1 saturated heterocycles. The molecule has 0 spiro atoms. The maximum absolute atomic E-state index is 12.9. The van der Waals surface area contributed by atoms with E-state index in [9.17, 15) is 14.4 Å². The molecule has 0 N–H and O–H groups in total. The average molecular weight is 399 g/mol. The van der Waals surface area contributed by atoms with E-state index < -0.39 is 0 Å². The van der Waals surface area contributed by atoms with E-state index in [1.54, 1.807) is 4.57 Å². The monoisotopic (exact) mass is 399 g/mol. The van der Waals surface area contributed by atoms with Gasteiger partial charge in [0.1, 0.15) is 4.70 Å². The smallest absolute Gasteiger partial charge is 0.272 e. The fourth-order valence-electron chi connectivity index (χ4n) is 3.06. The minimum atomic E-state index is -0.228. The number of thioether (sulfide) groups is 1. The Balaban J connectivity index is 1.64. The number of likely N-dealkylation sites (tertiary alicyclic amines) is 1. The number of imide groups is 1. The zero-order valence-electron chi connectivity index (χ0n) is 14.5. The highest BCUT2D eigenvalue weighted by Crippen LogP contribution is 2.23. The van der Waals surface area contributed by atoms with Crippen molar-refractivity contribution in [1.29, 1.82) is 0 Å². The van der Waals surface area contributed by atoms with Gasteiger partial charge in [-0.05, 0) is 23.4 Å². The summed E-state index contributed by atoms with van der Waals surface area (Å²) < 4.78 is 2.22. The summed E-state index contributed by atoms with van der Waals surface area (Å²) in [7, 11) is 0. The zero-order chi connectivity index (χ0) is 18.8. The number of nitrogens with zero attached hydrogens (tertiary/aromatic N) is 3. The van der Waals surface area contributed by atoms with E-state index in [2.05, 4.69) is 4.98 Å². The lowest BCUT2D eigenvalue weighted by molar-refractivity contribution is -0.140. The number of carbonyl (C=O) groups excluding carboxylic acids is 2. The normalized spacial score (nSPS) is 14.2. The number of carbonyl (C=O) groups is 2. The van der Waals surface area contributed by atoms with E-state index in [1.165, 1.54) is 28.0 Å². The van der Waals surface area contributed by atoms with Crippen LogP contribution in [0.2, 0.25) is 0 Å². The van der Waals surface area contributed by atoms with Gasteiger partial charge in [-0.3, -0.25) is 23.9 Å². The van der Waals surface area contributed by atoms with Crippen molar-refractivity contribution in [3.8, 4) is 0 Å². The molecule has 0 atom stereocenters. The van der Waals surface area contributed by atoms with Crippen molar-refractivity contribution in [3.05, 3.63) is 57.7 Å². The first kappa shape index (κ1) is 17.9. The summed E-state index contributed by atoms with van der Waals surface area (Å²) >= 11 is 2.58. The van der Waals surface area contributed by atoms with Crippen LogP contribution in [0.4, 0.5) is 0 Å². The second-order valence-electron chi connectivity index (χ2n) is 6.24. The van der Waals surface area contributed by atoms with E-state index in [0.29, 0.717) is 41.3 Å². The van der Waals surface area contributed by atoms with Crippen molar-refractivity contribution < 1.29 is 9.59 Å². The molecule has 0 bridgehead atoms. The number of aromatic nitrogens is 2. The topological polar surface area (TPSA) is 72.3 Å². The first-order valence-corrected chi connectivity index (χ1v) is 10.5. The maximum Gasteiger partial charge on any atom is 0.272 e. The molecule has 1 aromatic carbocycles. The molecule has 1 aliphatic heterocycles. The van der Waals surface area contributed by atoms with Crippen molar-refractivity contribution in [2.45, 2.75) is 24.5 Å². The Morgan fingerprint density at radius 3 is 2.74 bits per heavy atom. The average Bonchev–Trinajstić information content (AvgIpc) is 3.32. The molecule has 27 heavy (non-hydrogen) atoms. The Morgan fingerprint density at radius 1 is 1.19 bits per heavy atom. The zero-order valence-corrected chi connectivity index (χ0v) is 16.1. The summed E-state index contributed by atoms with van der Waals surface area (Å²) in [5.74, 6) is -0.264. The molecular weight excluding hydrogens is 382 g/mol. The molecule has 0 saturated carbocycles. The number of fused-ring (bicyclic) bond motifs is 1. The molecule has 6 nitrogen and oxygen atoms in total. The van der Waals surface area contributed by atoms with Gasteiger partial charge in [0.25, 0.3) is 5.56 Å². The Kier molecular flexibility index (Phi) is 5.09. The number of rotatable bonds is 5. The Bertz CT molecular complexity index is 1060. The molecule has 138 valence electrons. The third-order valence-electron chi connectivity index (χ3n) is 4.41. The van der Waals surface area contributed by atoms with Crippen molar-refractivity contribution in [2.24, 2.45) is 0 Å². The molecule has 1 aliphatic rings. The fourth-order valence-corrected chi connectivity index (χ4v) is 4.71. The summed E-state index contributed by atoms with van der Waals surface area (Å²) in [6, 6.07) is 11.5. The highest BCUT2D eigenvalue weighted by atomic mass is 32.2. The van der Waals surface area contributed by atoms with Crippen molar-refractivity contribution in [1.82, 2.24) is 14.5 Å². The van der Waals surface area contributed by atoms with Gasteiger partial charge >= 0.3 is 0 Å². The van der Waals surface area contributed by atoms with E-state index in [-0.39, 0.29) is 23.1 Å². The largest absolute Gasteiger partial charge is 0.282 e. The molecule has 3 aromatic rings. The van der Waals surface area contributed by atoms with Gasteiger partial charge in [-0.1, -0.05) is 42.1 Å². The lowest BCUT2D eigenvalue weighted by Gasteiger charge is -2.15. The molecule has 0 radical (unpaired) electrons. The molecule has 4 rings (SSSR count). The van der Waals surface area contributed by atoms with Crippen LogP contribution in [0.3, 0.4) is 0 Å². The molecule has 0 aliphatic carbocycles. The van der Waals surface area contributed by atoms with Gasteiger partial charge in [0.2, 0.25) is 11.8 Å². The molecule has 3 heterocycles. The SMILES string of the molecule is O=C1CCCN1C(=O)CSc1nc2ccsc2c(=O)n1Cc1ccccc1. The third-order valence-corrected chi connectivity index (χ3v) is 6.27. The Labute approximate surface area is 163 Å². The lowest BCUT2D eigenvalue weighted by atomic mass is 10.2. The molecule has 2 amide bonds. The number of benzene rings is 1. The minimum absolute atomic E-state index is 0.0859.